The first-order chi connectivity index (χ1) is 7.25. The Kier molecular flexibility index (Phi) is 3.04. The van der Waals surface area contributed by atoms with Crippen molar-refractivity contribution in [1.82, 2.24) is 4.98 Å². The van der Waals surface area contributed by atoms with Crippen LogP contribution in [0.25, 0.3) is 0 Å². The van der Waals surface area contributed by atoms with Gasteiger partial charge in [-0.1, -0.05) is 23.8 Å². The van der Waals surface area contributed by atoms with Gasteiger partial charge in [0.15, 0.2) is 0 Å². The summed E-state index contributed by atoms with van der Waals surface area (Å²) in [6, 6.07) is 11.2. The molecule has 0 amide bonds. The van der Waals surface area contributed by atoms with E-state index in [1.54, 1.807) is 0 Å². The highest BCUT2D eigenvalue weighted by atomic mass is 35.5. The highest BCUT2D eigenvalue weighted by molar-refractivity contribution is 7.81. The number of benzene rings is 1. The summed E-state index contributed by atoms with van der Waals surface area (Å²) in [6.45, 7) is 0. The fraction of sp³-hybridized carbons (Fsp3) is 0. The summed E-state index contributed by atoms with van der Waals surface area (Å²) in [5.74, 6) is 0. The molecule has 0 saturated heterocycles. The molecule has 15 heavy (non-hydrogen) atoms. The summed E-state index contributed by atoms with van der Waals surface area (Å²) in [5.41, 5.74) is 1.83. The van der Waals surface area contributed by atoms with Gasteiger partial charge in [-0.15, -0.1) is 0 Å². The fourth-order valence-corrected chi connectivity index (χ4v) is 1.57. The van der Waals surface area contributed by atoms with Crippen molar-refractivity contribution in [2.75, 3.05) is 5.32 Å². The van der Waals surface area contributed by atoms with Gasteiger partial charge in [-0.05, 0) is 36.4 Å². The van der Waals surface area contributed by atoms with Gasteiger partial charge in [-0.3, -0.25) is 0 Å². The zero-order chi connectivity index (χ0) is 10.7. The van der Waals surface area contributed by atoms with Gasteiger partial charge in [-0.2, -0.15) is 0 Å². The third-order valence-electron chi connectivity index (χ3n) is 1.94. The summed E-state index contributed by atoms with van der Waals surface area (Å²) < 4.78 is 0. The predicted octanol–water partition coefficient (Wildman–Crippen LogP) is 3.46. The standard InChI is InChI=1S/C11H9ClN2S/c12-8-3-5-9(6-4-8)14-11(15)10-2-1-7-13-10/h1-7,13H,(H,14,15). The maximum absolute atomic E-state index is 5.78. The first-order valence-corrected chi connectivity index (χ1v) is 5.24. The molecule has 76 valence electrons. The molecule has 0 aliphatic carbocycles. The van der Waals surface area contributed by atoms with E-state index in [1.165, 1.54) is 0 Å². The molecule has 0 atom stereocenters. The molecule has 1 heterocycles. The number of nitrogens with one attached hydrogen (secondary N) is 2. The van der Waals surface area contributed by atoms with Crippen LogP contribution in [-0.4, -0.2) is 9.97 Å². The van der Waals surface area contributed by atoms with Crippen molar-refractivity contribution < 1.29 is 0 Å². The molecule has 2 rings (SSSR count). The molecule has 0 unspecified atom stereocenters. The molecule has 0 bridgehead atoms. The van der Waals surface area contributed by atoms with Crippen LogP contribution in [0.2, 0.25) is 5.02 Å². The summed E-state index contributed by atoms with van der Waals surface area (Å²) in [6.07, 6.45) is 1.84. The highest BCUT2D eigenvalue weighted by Crippen LogP contribution is 2.14. The van der Waals surface area contributed by atoms with Crippen molar-refractivity contribution in [3.63, 3.8) is 0 Å². The molecule has 1 aromatic carbocycles. The minimum atomic E-state index is 0.669. The Morgan fingerprint density at radius 2 is 1.93 bits per heavy atom. The first-order valence-electron chi connectivity index (χ1n) is 4.46. The Morgan fingerprint density at radius 1 is 1.20 bits per heavy atom. The summed E-state index contributed by atoms with van der Waals surface area (Å²) in [7, 11) is 0. The molecule has 4 heteroatoms. The number of aromatic nitrogens is 1. The molecule has 0 fully saturated rings. The average molecular weight is 237 g/mol. The van der Waals surface area contributed by atoms with Crippen LogP contribution < -0.4 is 5.32 Å². The van der Waals surface area contributed by atoms with E-state index in [2.05, 4.69) is 10.3 Å². The Balaban J connectivity index is 2.09. The van der Waals surface area contributed by atoms with Gasteiger partial charge >= 0.3 is 0 Å². The van der Waals surface area contributed by atoms with Crippen molar-refractivity contribution in [1.29, 1.82) is 0 Å². The van der Waals surface area contributed by atoms with Crippen LogP contribution in [0.15, 0.2) is 42.6 Å². The normalized spacial score (nSPS) is 9.93. The van der Waals surface area contributed by atoms with Crippen LogP contribution in [0.3, 0.4) is 0 Å². The van der Waals surface area contributed by atoms with E-state index in [1.807, 2.05) is 42.6 Å². The van der Waals surface area contributed by atoms with Gasteiger partial charge in [0, 0.05) is 16.9 Å². The van der Waals surface area contributed by atoms with Crippen LogP contribution in [0.1, 0.15) is 5.69 Å². The van der Waals surface area contributed by atoms with Gasteiger partial charge in [0.2, 0.25) is 0 Å². The lowest BCUT2D eigenvalue weighted by Crippen LogP contribution is -2.10. The Labute approximate surface area is 98.3 Å². The average Bonchev–Trinajstić information content (AvgIpc) is 2.74. The number of halogens is 1. The van der Waals surface area contributed by atoms with E-state index < -0.39 is 0 Å². The van der Waals surface area contributed by atoms with Gasteiger partial charge < -0.3 is 10.3 Å². The number of hydrogen-bond acceptors (Lipinski definition) is 1. The van der Waals surface area contributed by atoms with E-state index in [-0.39, 0.29) is 0 Å². The Hall–Kier alpha value is -1.32. The van der Waals surface area contributed by atoms with Gasteiger partial charge in [0.25, 0.3) is 0 Å². The van der Waals surface area contributed by atoms with Crippen LogP contribution in [-0.2, 0) is 0 Å². The van der Waals surface area contributed by atoms with E-state index in [9.17, 15) is 0 Å². The molecule has 1 aromatic heterocycles. The second kappa shape index (κ2) is 4.47. The van der Waals surface area contributed by atoms with Gasteiger partial charge in [0.1, 0.15) is 4.99 Å². The van der Waals surface area contributed by atoms with Crippen molar-refractivity contribution in [3.8, 4) is 0 Å². The molecule has 0 radical (unpaired) electrons. The number of aromatic amines is 1. The van der Waals surface area contributed by atoms with Crippen LogP contribution >= 0.6 is 23.8 Å². The molecule has 0 aliphatic heterocycles. The lowest BCUT2D eigenvalue weighted by atomic mass is 10.3. The number of hydrogen-bond donors (Lipinski definition) is 2. The third-order valence-corrected chi connectivity index (χ3v) is 2.52. The zero-order valence-electron chi connectivity index (χ0n) is 7.83. The molecular formula is C11H9ClN2S. The highest BCUT2D eigenvalue weighted by Gasteiger charge is 2.01. The predicted molar refractivity (Wildman–Crippen MR) is 67.6 cm³/mol. The maximum Gasteiger partial charge on any atom is 0.127 e. The second-order valence-corrected chi connectivity index (χ2v) is 3.89. The maximum atomic E-state index is 5.78. The lowest BCUT2D eigenvalue weighted by molar-refractivity contribution is 1.38. The first kappa shape index (κ1) is 10.2. The molecular weight excluding hydrogens is 228 g/mol. The van der Waals surface area contributed by atoms with Crippen molar-refractivity contribution in [3.05, 3.63) is 53.3 Å². The van der Waals surface area contributed by atoms with Gasteiger partial charge in [0.05, 0.1) is 5.69 Å². The quantitative estimate of drug-likeness (QED) is 0.782. The Bertz CT molecular complexity index is 448. The number of H-pyrrole nitrogens is 1. The van der Waals surface area contributed by atoms with Crippen LogP contribution in [0, 0.1) is 0 Å². The fourth-order valence-electron chi connectivity index (χ4n) is 1.20. The molecule has 0 aliphatic rings. The van der Waals surface area contributed by atoms with Crippen molar-refractivity contribution in [2.45, 2.75) is 0 Å². The van der Waals surface area contributed by atoms with Crippen molar-refractivity contribution >= 4 is 34.5 Å². The molecule has 2 nitrogen and oxygen atoms in total. The van der Waals surface area contributed by atoms with Gasteiger partial charge in [-0.25, -0.2) is 0 Å². The smallest absolute Gasteiger partial charge is 0.127 e. The van der Waals surface area contributed by atoms with E-state index in [0.29, 0.717) is 10.0 Å². The van der Waals surface area contributed by atoms with Crippen LogP contribution in [0.4, 0.5) is 5.69 Å². The minimum absolute atomic E-state index is 0.669. The molecule has 2 aromatic rings. The monoisotopic (exact) mass is 236 g/mol. The minimum Gasteiger partial charge on any atom is -0.359 e. The largest absolute Gasteiger partial charge is 0.359 e. The molecule has 0 spiro atoms. The second-order valence-electron chi connectivity index (χ2n) is 3.04. The number of anilines is 1. The zero-order valence-corrected chi connectivity index (χ0v) is 9.40. The summed E-state index contributed by atoms with van der Waals surface area (Å²) in [4.78, 5) is 3.71. The van der Waals surface area contributed by atoms with Crippen molar-refractivity contribution in [2.24, 2.45) is 0 Å². The number of thiocarbonyl (C=S) groups is 1. The lowest BCUT2D eigenvalue weighted by Gasteiger charge is -2.05. The molecule has 2 N–H and O–H groups in total. The van der Waals surface area contributed by atoms with E-state index in [4.69, 9.17) is 23.8 Å². The van der Waals surface area contributed by atoms with E-state index in [0.717, 1.165) is 11.4 Å². The topological polar surface area (TPSA) is 27.8 Å². The number of rotatable bonds is 2. The SMILES string of the molecule is S=C(Nc1ccc(Cl)cc1)c1ccc[nH]1. The van der Waals surface area contributed by atoms with E-state index >= 15 is 0 Å². The summed E-state index contributed by atoms with van der Waals surface area (Å²) >= 11 is 11.0. The Morgan fingerprint density at radius 3 is 2.53 bits per heavy atom. The van der Waals surface area contributed by atoms with Crippen LogP contribution in [0.5, 0.6) is 0 Å². The molecule has 0 saturated carbocycles. The summed E-state index contributed by atoms with van der Waals surface area (Å²) in [5, 5.41) is 3.83. The third kappa shape index (κ3) is 2.58.